The van der Waals surface area contributed by atoms with Gasteiger partial charge >= 0.3 is 0 Å². The normalized spacial score (nSPS) is 14.7. The highest BCUT2D eigenvalue weighted by Crippen LogP contribution is 2.26. The zero-order valence-electron chi connectivity index (χ0n) is 14.4. The average molecular weight is 385 g/mol. The maximum atomic E-state index is 12.9. The van der Waals surface area contributed by atoms with Crippen molar-refractivity contribution < 1.29 is 14.0 Å². The quantitative estimate of drug-likeness (QED) is 0.753. The Morgan fingerprint density at radius 2 is 2.00 bits per heavy atom. The number of furan rings is 1. The highest BCUT2D eigenvalue weighted by molar-refractivity contribution is 6.30. The lowest BCUT2D eigenvalue weighted by Crippen LogP contribution is -2.34. The number of rotatable bonds is 3. The fourth-order valence-corrected chi connectivity index (χ4v) is 3.12. The predicted octanol–water partition coefficient (Wildman–Crippen LogP) is 2.75. The topological polar surface area (TPSA) is 80.4 Å². The lowest BCUT2D eigenvalue weighted by molar-refractivity contribution is -0.120. The summed E-state index contributed by atoms with van der Waals surface area (Å²) < 4.78 is 7.17. The second kappa shape index (κ2) is 7.28. The summed E-state index contributed by atoms with van der Waals surface area (Å²) in [6.45, 7) is 1.26. The first-order valence-corrected chi connectivity index (χ1v) is 8.95. The molecule has 0 aliphatic carbocycles. The number of carbonyl (C=O) groups is 2. The lowest BCUT2D eigenvalue weighted by Gasteiger charge is -2.17. The molecule has 7 nitrogen and oxygen atoms in total. The number of aromatic nitrogens is 2. The second-order valence-electron chi connectivity index (χ2n) is 6.17. The van der Waals surface area contributed by atoms with Crippen LogP contribution < -0.4 is 5.32 Å². The zero-order valence-corrected chi connectivity index (χ0v) is 15.1. The van der Waals surface area contributed by atoms with Gasteiger partial charge in [-0.2, -0.15) is 5.10 Å². The molecule has 138 valence electrons. The minimum atomic E-state index is -0.216. The molecule has 8 heteroatoms. The van der Waals surface area contributed by atoms with E-state index in [0.717, 1.165) is 5.69 Å². The number of hydrogen-bond donors (Lipinski definition) is 1. The van der Waals surface area contributed by atoms with Crippen molar-refractivity contribution in [1.29, 1.82) is 0 Å². The summed E-state index contributed by atoms with van der Waals surface area (Å²) in [6.07, 6.45) is 1.86. The molecule has 0 unspecified atom stereocenters. The van der Waals surface area contributed by atoms with Crippen LogP contribution >= 0.6 is 11.6 Å². The Hall–Kier alpha value is -3.06. The van der Waals surface area contributed by atoms with E-state index >= 15 is 0 Å². The highest BCUT2D eigenvalue weighted by atomic mass is 35.5. The Kier molecular flexibility index (Phi) is 4.68. The van der Waals surface area contributed by atoms with Gasteiger partial charge in [0, 0.05) is 37.1 Å². The van der Waals surface area contributed by atoms with Crippen molar-refractivity contribution in [3.63, 3.8) is 0 Å². The van der Waals surface area contributed by atoms with Gasteiger partial charge in [-0.15, -0.1) is 0 Å². The Balaban J connectivity index is 1.71. The summed E-state index contributed by atoms with van der Waals surface area (Å²) >= 11 is 5.98. The van der Waals surface area contributed by atoms with Crippen LogP contribution in [0, 0.1) is 0 Å². The van der Waals surface area contributed by atoms with Crippen LogP contribution in [0.25, 0.3) is 17.1 Å². The third kappa shape index (κ3) is 3.59. The summed E-state index contributed by atoms with van der Waals surface area (Å²) in [4.78, 5) is 26.1. The Morgan fingerprint density at radius 1 is 1.19 bits per heavy atom. The summed E-state index contributed by atoms with van der Waals surface area (Å²) in [5, 5.41) is 7.89. The molecule has 1 aliphatic rings. The molecular formula is C19H17ClN4O3. The standard InChI is InChI=1S/C19H17ClN4O3/c20-13-3-5-14(6-4-13)24-16(17-2-1-11-27-17)12-15(22-24)19(26)23-9-7-18(25)21-8-10-23/h1-6,11-12H,7-10H2,(H,21,25). The summed E-state index contributed by atoms with van der Waals surface area (Å²) in [6, 6.07) is 12.5. The van der Waals surface area contributed by atoms with Gasteiger partial charge in [0.05, 0.1) is 12.0 Å². The summed E-state index contributed by atoms with van der Waals surface area (Å²) in [5.41, 5.74) is 1.72. The van der Waals surface area contributed by atoms with E-state index in [1.165, 1.54) is 0 Å². The van der Waals surface area contributed by atoms with Gasteiger partial charge in [-0.05, 0) is 36.4 Å². The Morgan fingerprint density at radius 3 is 2.74 bits per heavy atom. The maximum absolute atomic E-state index is 12.9. The van der Waals surface area contributed by atoms with Crippen molar-refractivity contribution in [3.8, 4) is 17.1 Å². The van der Waals surface area contributed by atoms with Crippen molar-refractivity contribution in [2.45, 2.75) is 6.42 Å². The smallest absolute Gasteiger partial charge is 0.274 e. The molecule has 0 bridgehead atoms. The molecule has 1 aliphatic heterocycles. The van der Waals surface area contributed by atoms with Gasteiger partial charge < -0.3 is 14.6 Å². The largest absolute Gasteiger partial charge is 0.463 e. The molecule has 1 aromatic carbocycles. The van der Waals surface area contributed by atoms with Crippen LogP contribution in [0.1, 0.15) is 16.9 Å². The molecule has 3 heterocycles. The fraction of sp³-hybridized carbons (Fsp3) is 0.211. The molecule has 2 aromatic heterocycles. The third-order valence-corrected chi connectivity index (χ3v) is 4.63. The van der Waals surface area contributed by atoms with E-state index in [2.05, 4.69) is 10.4 Å². The number of amides is 2. The Labute approximate surface area is 160 Å². The van der Waals surface area contributed by atoms with Crippen LogP contribution in [0.3, 0.4) is 0 Å². The van der Waals surface area contributed by atoms with E-state index in [1.807, 2.05) is 18.2 Å². The highest BCUT2D eigenvalue weighted by Gasteiger charge is 2.24. The SMILES string of the molecule is O=C1CCN(C(=O)c2cc(-c3ccco3)n(-c3ccc(Cl)cc3)n2)CCN1. The molecule has 27 heavy (non-hydrogen) atoms. The first-order valence-electron chi connectivity index (χ1n) is 8.58. The van der Waals surface area contributed by atoms with E-state index in [9.17, 15) is 9.59 Å². The van der Waals surface area contributed by atoms with E-state index in [4.69, 9.17) is 16.0 Å². The van der Waals surface area contributed by atoms with Gasteiger partial charge in [-0.1, -0.05) is 11.6 Å². The van der Waals surface area contributed by atoms with E-state index in [-0.39, 0.29) is 18.2 Å². The number of carbonyl (C=O) groups excluding carboxylic acids is 2. The van der Waals surface area contributed by atoms with Gasteiger partial charge in [0.2, 0.25) is 5.91 Å². The molecule has 1 saturated heterocycles. The molecule has 1 N–H and O–H groups in total. The second-order valence-corrected chi connectivity index (χ2v) is 6.61. The molecule has 3 aromatic rings. The summed E-state index contributed by atoms with van der Waals surface area (Å²) in [5.74, 6) is 0.337. The van der Waals surface area contributed by atoms with Crippen molar-refractivity contribution >= 4 is 23.4 Å². The van der Waals surface area contributed by atoms with Crippen LogP contribution in [0.4, 0.5) is 0 Å². The molecule has 4 rings (SSSR count). The molecule has 0 atom stereocenters. The lowest BCUT2D eigenvalue weighted by atomic mass is 10.2. The average Bonchev–Trinajstić information content (AvgIpc) is 3.29. The van der Waals surface area contributed by atoms with E-state index in [0.29, 0.717) is 41.8 Å². The third-order valence-electron chi connectivity index (χ3n) is 4.37. The van der Waals surface area contributed by atoms with Gasteiger partial charge in [0.25, 0.3) is 5.91 Å². The fourth-order valence-electron chi connectivity index (χ4n) is 3.00. The van der Waals surface area contributed by atoms with Crippen molar-refractivity contribution in [2.24, 2.45) is 0 Å². The number of nitrogens with one attached hydrogen (secondary N) is 1. The van der Waals surface area contributed by atoms with Crippen LogP contribution in [0.15, 0.2) is 53.1 Å². The molecule has 0 radical (unpaired) electrons. The number of nitrogens with zero attached hydrogens (tertiary/aromatic N) is 3. The van der Waals surface area contributed by atoms with E-state index in [1.54, 1.807) is 40.1 Å². The summed E-state index contributed by atoms with van der Waals surface area (Å²) in [7, 11) is 0. The van der Waals surface area contributed by atoms with Crippen molar-refractivity contribution in [1.82, 2.24) is 20.0 Å². The van der Waals surface area contributed by atoms with Gasteiger partial charge in [-0.3, -0.25) is 9.59 Å². The van der Waals surface area contributed by atoms with Crippen LogP contribution in [-0.2, 0) is 4.79 Å². The van der Waals surface area contributed by atoms with Crippen LogP contribution in [0.5, 0.6) is 0 Å². The molecule has 0 spiro atoms. The number of benzene rings is 1. The van der Waals surface area contributed by atoms with Crippen molar-refractivity contribution in [2.75, 3.05) is 19.6 Å². The molecule has 0 saturated carbocycles. The van der Waals surface area contributed by atoms with Crippen molar-refractivity contribution in [3.05, 3.63) is 59.4 Å². The molecule has 1 fully saturated rings. The number of halogens is 1. The maximum Gasteiger partial charge on any atom is 0.274 e. The Bertz CT molecular complexity index is 964. The molecular weight excluding hydrogens is 368 g/mol. The van der Waals surface area contributed by atoms with Gasteiger partial charge in [0.1, 0.15) is 5.69 Å². The van der Waals surface area contributed by atoms with E-state index < -0.39 is 0 Å². The number of hydrogen-bond acceptors (Lipinski definition) is 4. The minimum absolute atomic E-state index is 0.0479. The van der Waals surface area contributed by atoms with Crippen LogP contribution in [-0.4, -0.2) is 46.1 Å². The predicted molar refractivity (Wildman–Crippen MR) is 99.8 cm³/mol. The monoisotopic (exact) mass is 384 g/mol. The van der Waals surface area contributed by atoms with Gasteiger partial charge in [0.15, 0.2) is 11.5 Å². The minimum Gasteiger partial charge on any atom is -0.463 e. The van der Waals surface area contributed by atoms with Crippen LogP contribution in [0.2, 0.25) is 5.02 Å². The van der Waals surface area contributed by atoms with Gasteiger partial charge in [-0.25, -0.2) is 4.68 Å². The first-order chi connectivity index (χ1) is 13.1. The zero-order chi connectivity index (χ0) is 18.8. The first kappa shape index (κ1) is 17.4. The molecule has 2 amide bonds.